The summed E-state index contributed by atoms with van der Waals surface area (Å²) in [4.78, 5) is 4.76. The molecule has 1 atom stereocenters. The first-order valence-corrected chi connectivity index (χ1v) is 8.99. The molecule has 4 heteroatoms. The van der Waals surface area contributed by atoms with Crippen molar-refractivity contribution in [2.24, 2.45) is 7.05 Å². The van der Waals surface area contributed by atoms with Crippen LogP contribution in [0.15, 0.2) is 48.8 Å². The summed E-state index contributed by atoms with van der Waals surface area (Å²) in [5, 5.41) is 8.51. The van der Waals surface area contributed by atoms with Crippen LogP contribution < -0.4 is 0 Å². The Morgan fingerprint density at radius 3 is 2.44 bits per heavy atom. The number of aryl methyl sites for hydroxylation is 2. The molecule has 130 valence electrons. The minimum absolute atomic E-state index is 0.00285. The summed E-state index contributed by atoms with van der Waals surface area (Å²) >= 11 is 0. The maximum Gasteiger partial charge on any atom is 0.0961 e. The molecule has 0 aliphatic rings. The maximum absolute atomic E-state index is 4.76. The molecule has 0 saturated carbocycles. The fraction of sp³-hybridized carbons (Fsp3) is 0.381. The van der Waals surface area contributed by atoms with Gasteiger partial charge in [0, 0.05) is 19.4 Å². The third kappa shape index (κ3) is 3.95. The molecule has 0 bridgehead atoms. The normalized spacial score (nSPS) is 12.5. The summed E-state index contributed by atoms with van der Waals surface area (Å²) in [6.45, 7) is 6.62. The van der Waals surface area contributed by atoms with Gasteiger partial charge in [-0.2, -0.15) is 0 Å². The molecule has 0 aliphatic carbocycles. The Kier molecular flexibility index (Phi) is 5.27. The smallest absolute Gasteiger partial charge is 0.0961 e. The van der Waals surface area contributed by atoms with E-state index in [1.54, 1.807) is 4.68 Å². The molecule has 2 aromatic heterocycles. The van der Waals surface area contributed by atoms with Crippen molar-refractivity contribution >= 4 is 0 Å². The van der Waals surface area contributed by atoms with Gasteiger partial charge in [0.1, 0.15) is 0 Å². The first-order valence-electron chi connectivity index (χ1n) is 8.99. The van der Waals surface area contributed by atoms with E-state index in [0.717, 1.165) is 24.2 Å². The predicted molar refractivity (Wildman–Crippen MR) is 101 cm³/mol. The summed E-state index contributed by atoms with van der Waals surface area (Å²) < 4.78 is 1.75. The first-order chi connectivity index (χ1) is 12.1. The molecule has 0 radical (unpaired) electrons. The summed E-state index contributed by atoms with van der Waals surface area (Å²) in [7, 11) is 1.90. The van der Waals surface area contributed by atoms with E-state index < -0.39 is 0 Å². The van der Waals surface area contributed by atoms with E-state index in [1.165, 1.54) is 16.7 Å². The zero-order chi connectivity index (χ0) is 17.8. The molecule has 0 saturated heterocycles. The summed E-state index contributed by atoms with van der Waals surface area (Å²) in [6, 6.07) is 13.0. The van der Waals surface area contributed by atoms with Gasteiger partial charge >= 0.3 is 0 Å². The lowest BCUT2D eigenvalue weighted by Crippen LogP contribution is -2.07. The van der Waals surface area contributed by atoms with E-state index in [1.807, 2.05) is 19.4 Å². The van der Waals surface area contributed by atoms with Gasteiger partial charge in [0.25, 0.3) is 0 Å². The second-order valence-corrected chi connectivity index (χ2v) is 6.92. The summed E-state index contributed by atoms with van der Waals surface area (Å²) in [5.74, 6) is 0.491. The Hall–Kier alpha value is -2.49. The van der Waals surface area contributed by atoms with Crippen LogP contribution in [0.4, 0.5) is 0 Å². The van der Waals surface area contributed by atoms with Crippen molar-refractivity contribution in [3.05, 3.63) is 76.9 Å². The molecular formula is C21H26N4. The highest BCUT2D eigenvalue weighted by atomic mass is 15.4. The third-order valence-electron chi connectivity index (χ3n) is 4.51. The van der Waals surface area contributed by atoms with Gasteiger partial charge in [0.15, 0.2) is 0 Å². The lowest BCUT2D eigenvalue weighted by molar-refractivity contribution is 0.712. The average molecular weight is 334 g/mol. The van der Waals surface area contributed by atoms with Crippen LogP contribution in [0.5, 0.6) is 0 Å². The largest absolute Gasteiger partial charge is 0.260 e. The molecule has 25 heavy (non-hydrogen) atoms. The molecule has 0 amide bonds. The van der Waals surface area contributed by atoms with Gasteiger partial charge in [-0.1, -0.05) is 62.7 Å². The topological polar surface area (TPSA) is 43.6 Å². The van der Waals surface area contributed by atoms with Gasteiger partial charge in [0.05, 0.1) is 17.3 Å². The lowest BCUT2D eigenvalue weighted by Gasteiger charge is -2.17. The van der Waals surface area contributed by atoms with Crippen LogP contribution in [-0.4, -0.2) is 20.0 Å². The highest BCUT2D eigenvalue weighted by molar-refractivity contribution is 5.39. The van der Waals surface area contributed by atoms with Crippen molar-refractivity contribution in [2.45, 2.75) is 45.4 Å². The van der Waals surface area contributed by atoms with Gasteiger partial charge in [0.2, 0.25) is 0 Å². The lowest BCUT2D eigenvalue weighted by atomic mass is 9.89. The van der Waals surface area contributed by atoms with Crippen LogP contribution in [0.1, 0.15) is 67.1 Å². The van der Waals surface area contributed by atoms with E-state index in [2.05, 4.69) is 67.5 Å². The van der Waals surface area contributed by atoms with E-state index in [0.29, 0.717) is 5.92 Å². The fourth-order valence-corrected chi connectivity index (χ4v) is 3.13. The van der Waals surface area contributed by atoms with E-state index in [4.69, 9.17) is 4.98 Å². The average Bonchev–Trinajstić information content (AvgIpc) is 3.03. The molecular weight excluding hydrogens is 308 g/mol. The molecule has 2 heterocycles. The number of pyridine rings is 1. The Morgan fingerprint density at radius 2 is 1.84 bits per heavy atom. The zero-order valence-corrected chi connectivity index (χ0v) is 15.5. The molecule has 4 nitrogen and oxygen atoms in total. The molecule has 0 N–H and O–H groups in total. The van der Waals surface area contributed by atoms with Gasteiger partial charge in [-0.3, -0.25) is 9.67 Å². The first kappa shape index (κ1) is 17.3. The standard InChI is InChI=1S/C21H26N4/c1-5-7-16-10-11-19(22-13-16)21(20-14-25(4)24-23-20)18-9-6-8-17(12-18)15(2)3/h6,8-15,21H,5,7H2,1-4H3. The minimum Gasteiger partial charge on any atom is -0.260 e. The van der Waals surface area contributed by atoms with Gasteiger partial charge in [-0.25, -0.2) is 0 Å². The molecule has 0 fully saturated rings. The Balaban J connectivity index is 2.05. The van der Waals surface area contributed by atoms with Gasteiger partial charge in [-0.15, -0.1) is 5.10 Å². The van der Waals surface area contributed by atoms with Crippen LogP contribution in [-0.2, 0) is 13.5 Å². The molecule has 1 aromatic carbocycles. The molecule has 1 unspecified atom stereocenters. The summed E-state index contributed by atoms with van der Waals surface area (Å²) in [5.41, 5.74) is 5.76. The van der Waals surface area contributed by atoms with Crippen molar-refractivity contribution in [1.82, 2.24) is 20.0 Å². The number of aromatic nitrogens is 4. The maximum atomic E-state index is 4.76. The van der Waals surface area contributed by atoms with Crippen LogP contribution in [0.3, 0.4) is 0 Å². The van der Waals surface area contributed by atoms with Gasteiger partial charge in [-0.05, 0) is 35.1 Å². The van der Waals surface area contributed by atoms with E-state index in [-0.39, 0.29) is 5.92 Å². The van der Waals surface area contributed by atoms with Crippen molar-refractivity contribution < 1.29 is 0 Å². The molecule has 0 spiro atoms. The Bertz CT molecular complexity index is 818. The predicted octanol–water partition coefficient (Wildman–Crippen LogP) is 4.47. The molecule has 0 aliphatic heterocycles. The Labute approximate surface area is 149 Å². The van der Waals surface area contributed by atoms with E-state index >= 15 is 0 Å². The number of rotatable bonds is 6. The SMILES string of the molecule is CCCc1ccc(C(c2cccc(C(C)C)c2)c2cn(C)nn2)nc1. The second kappa shape index (κ2) is 7.60. The highest BCUT2D eigenvalue weighted by Gasteiger charge is 2.22. The Morgan fingerprint density at radius 1 is 1.04 bits per heavy atom. The molecule has 3 rings (SSSR count). The second-order valence-electron chi connectivity index (χ2n) is 6.92. The highest BCUT2D eigenvalue weighted by Crippen LogP contribution is 2.31. The van der Waals surface area contributed by atoms with Crippen molar-refractivity contribution in [3.8, 4) is 0 Å². The van der Waals surface area contributed by atoms with Crippen LogP contribution in [0.25, 0.3) is 0 Å². The minimum atomic E-state index is 0.00285. The van der Waals surface area contributed by atoms with Crippen molar-refractivity contribution in [2.75, 3.05) is 0 Å². The monoisotopic (exact) mass is 334 g/mol. The molecule has 3 aromatic rings. The third-order valence-corrected chi connectivity index (χ3v) is 4.51. The fourth-order valence-electron chi connectivity index (χ4n) is 3.13. The number of benzene rings is 1. The number of nitrogens with zero attached hydrogens (tertiary/aromatic N) is 4. The van der Waals surface area contributed by atoms with Gasteiger partial charge < -0.3 is 0 Å². The van der Waals surface area contributed by atoms with Crippen molar-refractivity contribution in [1.29, 1.82) is 0 Å². The van der Waals surface area contributed by atoms with E-state index in [9.17, 15) is 0 Å². The van der Waals surface area contributed by atoms with Crippen LogP contribution in [0.2, 0.25) is 0 Å². The summed E-state index contributed by atoms with van der Waals surface area (Å²) in [6.07, 6.45) is 6.17. The van der Waals surface area contributed by atoms with Crippen LogP contribution >= 0.6 is 0 Å². The zero-order valence-electron chi connectivity index (χ0n) is 15.5. The quantitative estimate of drug-likeness (QED) is 0.668. The number of hydrogen-bond acceptors (Lipinski definition) is 3. The van der Waals surface area contributed by atoms with Crippen molar-refractivity contribution in [3.63, 3.8) is 0 Å². The van der Waals surface area contributed by atoms with Crippen LogP contribution in [0, 0.1) is 0 Å². The number of hydrogen-bond donors (Lipinski definition) is 0.